The number of rotatable bonds is 7. The molecule has 2 aromatic rings. The predicted octanol–water partition coefficient (Wildman–Crippen LogP) is 3.43. The minimum absolute atomic E-state index is 0.0507. The van der Waals surface area contributed by atoms with Gasteiger partial charge in [-0.1, -0.05) is 29.8 Å². The van der Waals surface area contributed by atoms with E-state index in [1.54, 1.807) is 18.4 Å². The highest BCUT2D eigenvalue weighted by Crippen LogP contribution is 2.28. The van der Waals surface area contributed by atoms with Crippen LogP contribution in [-0.4, -0.2) is 54.8 Å². The van der Waals surface area contributed by atoms with Gasteiger partial charge in [0.2, 0.25) is 0 Å². The fraction of sp³-hybridized carbons (Fsp3) is 0.381. The molecule has 0 radical (unpaired) electrons. The van der Waals surface area contributed by atoms with E-state index >= 15 is 0 Å². The number of aryl methyl sites for hydroxylation is 1. The Hall–Kier alpha value is -2.42. The van der Waals surface area contributed by atoms with Gasteiger partial charge < -0.3 is 10.1 Å². The first-order chi connectivity index (χ1) is 14.0. The second-order valence-electron chi connectivity index (χ2n) is 6.99. The Morgan fingerprint density at radius 2 is 1.93 bits per heavy atom. The Balaban J connectivity index is 1.82. The van der Waals surface area contributed by atoms with E-state index in [1.165, 1.54) is 17.8 Å². The van der Waals surface area contributed by atoms with E-state index in [9.17, 15) is 14.9 Å². The summed E-state index contributed by atoms with van der Waals surface area (Å²) in [5.74, 6) is -0.320. The SMILES string of the molecule is CSc1ccc(C(=O)N[C@@H](CN2CCOCC2)c2ccc(C)cc2)cc1[N+](=O)[O-]. The molecule has 0 saturated carbocycles. The van der Waals surface area contributed by atoms with Crippen LogP contribution >= 0.6 is 11.8 Å². The number of benzene rings is 2. The number of hydrogen-bond acceptors (Lipinski definition) is 6. The first-order valence-electron chi connectivity index (χ1n) is 9.48. The predicted molar refractivity (Wildman–Crippen MR) is 114 cm³/mol. The van der Waals surface area contributed by atoms with Crippen molar-refractivity contribution < 1.29 is 14.5 Å². The van der Waals surface area contributed by atoms with Crippen molar-refractivity contribution in [3.63, 3.8) is 0 Å². The summed E-state index contributed by atoms with van der Waals surface area (Å²) in [6.45, 7) is 5.65. The zero-order valence-electron chi connectivity index (χ0n) is 16.6. The highest BCUT2D eigenvalue weighted by atomic mass is 32.2. The lowest BCUT2D eigenvalue weighted by Gasteiger charge is -2.31. The topological polar surface area (TPSA) is 84.7 Å². The molecular formula is C21H25N3O4S. The average Bonchev–Trinajstić information content (AvgIpc) is 2.74. The molecule has 1 aliphatic heterocycles. The van der Waals surface area contributed by atoms with Crippen molar-refractivity contribution in [3.8, 4) is 0 Å². The van der Waals surface area contributed by atoms with Crippen LogP contribution in [0.1, 0.15) is 27.5 Å². The highest BCUT2D eigenvalue weighted by molar-refractivity contribution is 7.98. The van der Waals surface area contributed by atoms with Crippen LogP contribution < -0.4 is 5.32 Å². The van der Waals surface area contributed by atoms with Crippen molar-refractivity contribution in [3.05, 3.63) is 69.3 Å². The van der Waals surface area contributed by atoms with Crippen molar-refractivity contribution >= 4 is 23.4 Å². The van der Waals surface area contributed by atoms with Gasteiger partial charge in [-0.25, -0.2) is 0 Å². The van der Waals surface area contributed by atoms with Crippen molar-refractivity contribution in [2.75, 3.05) is 39.1 Å². The van der Waals surface area contributed by atoms with Crippen LogP contribution in [0.2, 0.25) is 0 Å². The molecule has 0 bridgehead atoms. The monoisotopic (exact) mass is 415 g/mol. The quantitative estimate of drug-likeness (QED) is 0.424. The summed E-state index contributed by atoms with van der Waals surface area (Å²) < 4.78 is 5.42. The smallest absolute Gasteiger partial charge is 0.283 e. The summed E-state index contributed by atoms with van der Waals surface area (Å²) in [5.41, 5.74) is 2.39. The summed E-state index contributed by atoms with van der Waals surface area (Å²) in [5, 5.41) is 14.4. The molecule has 3 rings (SSSR count). The van der Waals surface area contributed by atoms with Gasteiger partial charge in [0, 0.05) is 31.3 Å². The fourth-order valence-electron chi connectivity index (χ4n) is 3.29. The Kier molecular flexibility index (Phi) is 7.24. The number of amides is 1. The molecule has 1 N–H and O–H groups in total. The third-order valence-electron chi connectivity index (χ3n) is 4.97. The van der Waals surface area contributed by atoms with E-state index in [0.717, 1.165) is 24.2 Å². The minimum atomic E-state index is -0.451. The Labute approximate surface area is 174 Å². The zero-order valence-corrected chi connectivity index (χ0v) is 17.4. The molecular weight excluding hydrogens is 390 g/mol. The van der Waals surface area contributed by atoms with Gasteiger partial charge >= 0.3 is 0 Å². The fourth-order valence-corrected chi connectivity index (χ4v) is 3.84. The van der Waals surface area contributed by atoms with E-state index in [-0.39, 0.29) is 23.2 Å². The molecule has 154 valence electrons. The second kappa shape index (κ2) is 9.87. The Morgan fingerprint density at radius 3 is 2.55 bits per heavy atom. The molecule has 0 aliphatic carbocycles. The van der Waals surface area contributed by atoms with Gasteiger partial charge in [-0.15, -0.1) is 11.8 Å². The highest BCUT2D eigenvalue weighted by Gasteiger charge is 2.22. The lowest BCUT2D eigenvalue weighted by Crippen LogP contribution is -2.43. The molecule has 1 aliphatic rings. The summed E-state index contributed by atoms with van der Waals surface area (Å²) >= 11 is 1.29. The maximum Gasteiger partial charge on any atom is 0.283 e. The molecule has 0 spiro atoms. The van der Waals surface area contributed by atoms with Crippen LogP contribution in [0.15, 0.2) is 47.4 Å². The van der Waals surface area contributed by atoms with E-state index in [2.05, 4.69) is 10.2 Å². The summed E-state index contributed by atoms with van der Waals surface area (Å²) in [6, 6.07) is 12.5. The number of nitrogens with one attached hydrogen (secondary N) is 1. The molecule has 0 aromatic heterocycles. The number of ether oxygens (including phenoxy) is 1. The number of hydrogen-bond donors (Lipinski definition) is 1. The average molecular weight is 416 g/mol. The number of carbonyl (C=O) groups is 1. The van der Waals surface area contributed by atoms with Gasteiger partial charge in [0.1, 0.15) is 0 Å². The minimum Gasteiger partial charge on any atom is -0.379 e. The van der Waals surface area contributed by atoms with E-state index < -0.39 is 4.92 Å². The number of carbonyl (C=O) groups excluding carboxylic acids is 1. The van der Waals surface area contributed by atoms with Crippen molar-refractivity contribution in [1.82, 2.24) is 10.2 Å². The summed E-state index contributed by atoms with van der Waals surface area (Å²) in [7, 11) is 0. The third-order valence-corrected chi connectivity index (χ3v) is 5.75. The Morgan fingerprint density at radius 1 is 1.24 bits per heavy atom. The van der Waals surface area contributed by atoms with Gasteiger partial charge in [0.05, 0.1) is 29.1 Å². The van der Waals surface area contributed by atoms with Crippen molar-refractivity contribution in [2.45, 2.75) is 17.9 Å². The molecule has 2 aromatic carbocycles. The van der Waals surface area contributed by atoms with Crippen LogP contribution in [0, 0.1) is 17.0 Å². The molecule has 8 heteroatoms. The second-order valence-corrected chi connectivity index (χ2v) is 7.84. The number of nitro benzene ring substituents is 1. The standard InChI is InChI=1S/C21H25N3O4S/c1-15-3-5-16(6-4-15)18(14-23-9-11-28-12-10-23)22-21(25)17-7-8-20(29-2)19(13-17)24(26)27/h3-8,13,18H,9-12,14H2,1-2H3,(H,22,25)/t18-/m0/s1. The van der Waals surface area contributed by atoms with E-state index in [1.807, 2.05) is 31.2 Å². The first kappa shape index (κ1) is 21.3. The van der Waals surface area contributed by atoms with Gasteiger partial charge in [0.25, 0.3) is 11.6 Å². The van der Waals surface area contributed by atoms with Crippen molar-refractivity contribution in [2.24, 2.45) is 0 Å². The summed E-state index contributed by atoms with van der Waals surface area (Å²) in [6.07, 6.45) is 1.78. The van der Waals surface area contributed by atoms with Crippen LogP contribution in [0.25, 0.3) is 0 Å². The lowest BCUT2D eigenvalue weighted by atomic mass is 10.0. The number of nitrogens with zero attached hydrogens (tertiary/aromatic N) is 2. The molecule has 7 nitrogen and oxygen atoms in total. The summed E-state index contributed by atoms with van der Waals surface area (Å²) in [4.78, 5) is 26.6. The van der Waals surface area contributed by atoms with Crippen LogP contribution in [0.5, 0.6) is 0 Å². The van der Waals surface area contributed by atoms with Gasteiger partial charge in [0.15, 0.2) is 0 Å². The molecule has 29 heavy (non-hydrogen) atoms. The van der Waals surface area contributed by atoms with Crippen LogP contribution in [-0.2, 0) is 4.74 Å². The maximum absolute atomic E-state index is 12.9. The largest absolute Gasteiger partial charge is 0.379 e. The molecule has 1 atom stereocenters. The van der Waals surface area contributed by atoms with Gasteiger partial charge in [-0.05, 0) is 30.9 Å². The normalized spacial score (nSPS) is 15.7. The lowest BCUT2D eigenvalue weighted by molar-refractivity contribution is -0.387. The molecule has 1 heterocycles. The van der Waals surface area contributed by atoms with E-state index in [0.29, 0.717) is 24.7 Å². The van der Waals surface area contributed by atoms with E-state index in [4.69, 9.17) is 4.74 Å². The number of morpholine rings is 1. The van der Waals surface area contributed by atoms with Gasteiger partial charge in [-0.3, -0.25) is 19.8 Å². The molecule has 0 unspecified atom stereocenters. The molecule has 1 fully saturated rings. The van der Waals surface area contributed by atoms with Crippen LogP contribution in [0.3, 0.4) is 0 Å². The zero-order chi connectivity index (χ0) is 20.8. The first-order valence-corrected chi connectivity index (χ1v) is 10.7. The number of nitro groups is 1. The molecule has 1 saturated heterocycles. The number of thioether (sulfide) groups is 1. The molecule has 1 amide bonds. The van der Waals surface area contributed by atoms with Crippen LogP contribution in [0.4, 0.5) is 5.69 Å². The maximum atomic E-state index is 12.9. The third kappa shape index (κ3) is 5.56. The Bertz CT molecular complexity index is 867. The van der Waals surface area contributed by atoms with Gasteiger partial charge in [-0.2, -0.15) is 0 Å². The van der Waals surface area contributed by atoms with Crippen molar-refractivity contribution in [1.29, 1.82) is 0 Å².